The number of anilines is 1. The molecule has 1 aromatic heterocycles. The zero-order valence-corrected chi connectivity index (χ0v) is 13.4. The Morgan fingerprint density at radius 3 is 2.64 bits per heavy atom. The van der Waals surface area contributed by atoms with Gasteiger partial charge in [-0.3, -0.25) is 10.1 Å². The van der Waals surface area contributed by atoms with E-state index in [1.807, 2.05) is 48.3 Å². The van der Waals surface area contributed by atoms with Crippen molar-refractivity contribution in [3.63, 3.8) is 0 Å². The molecule has 0 bridgehead atoms. The van der Waals surface area contributed by atoms with Crippen molar-refractivity contribution in [1.29, 1.82) is 5.26 Å². The third kappa shape index (κ3) is 3.45. The predicted octanol–water partition coefficient (Wildman–Crippen LogP) is 2.68. The molecule has 0 aliphatic carbocycles. The minimum absolute atomic E-state index is 0.0625. The molecule has 0 atom stereocenters. The molecule has 0 radical (unpaired) electrons. The molecule has 0 N–H and O–H groups in total. The van der Waals surface area contributed by atoms with Gasteiger partial charge in [0, 0.05) is 25.7 Å². The van der Waals surface area contributed by atoms with Crippen molar-refractivity contribution < 1.29 is 4.92 Å². The highest BCUT2D eigenvalue weighted by atomic mass is 16.6. The summed E-state index contributed by atoms with van der Waals surface area (Å²) in [5.41, 5.74) is 1.58. The van der Waals surface area contributed by atoms with E-state index in [9.17, 15) is 15.4 Å². The van der Waals surface area contributed by atoms with E-state index in [0.29, 0.717) is 18.1 Å². The van der Waals surface area contributed by atoms with E-state index >= 15 is 0 Å². The van der Waals surface area contributed by atoms with E-state index in [1.165, 1.54) is 16.9 Å². The zero-order valence-electron chi connectivity index (χ0n) is 13.4. The molecule has 25 heavy (non-hydrogen) atoms. The van der Waals surface area contributed by atoms with Gasteiger partial charge < -0.3 is 4.90 Å². The smallest absolute Gasteiger partial charge is 0.271 e. The Kier molecular flexibility index (Phi) is 4.39. The monoisotopic (exact) mass is 334 g/mol. The largest absolute Gasteiger partial charge is 0.351 e. The van der Waals surface area contributed by atoms with Crippen LogP contribution in [0.4, 0.5) is 11.5 Å². The first kappa shape index (κ1) is 16.1. The summed E-state index contributed by atoms with van der Waals surface area (Å²) in [5, 5.41) is 28.7. The molecule has 8 heteroatoms. The second kappa shape index (κ2) is 6.80. The molecule has 8 nitrogen and oxygen atoms in total. The van der Waals surface area contributed by atoms with Crippen LogP contribution in [0.5, 0.6) is 0 Å². The van der Waals surface area contributed by atoms with Gasteiger partial charge in [0.2, 0.25) is 5.69 Å². The van der Waals surface area contributed by atoms with Crippen LogP contribution in [-0.4, -0.2) is 27.0 Å². The third-order valence-electron chi connectivity index (χ3n) is 3.60. The van der Waals surface area contributed by atoms with Crippen LogP contribution in [0.2, 0.25) is 0 Å². The molecule has 0 aliphatic rings. The van der Waals surface area contributed by atoms with E-state index in [0.717, 1.165) is 5.56 Å². The number of rotatable bonds is 5. The van der Waals surface area contributed by atoms with E-state index in [-0.39, 0.29) is 11.4 Å². The number of hydrogen-bond acceptors (Lipinski definition) is 6. The van der Waals surface area contributed by atoms with Crippen molar-refractivity contribution in [1.82, 2.24) is 15.0 Å². The summed E-state index contributed by atoms with van der Waals surface area (Å²) in [4.78, 5) is 13.5. The van der Waals surface area contributed by atoms with Crippen LogP contribution in [-0.2, 0) is 6.54 Å². The van der Waals surface area contributed by atoms with E-state index in [1.54, 1.807) is 12.1 Å². The van der Waals surface area contributed by atoms with Gasteiger partial charge in [0.1, 0.15) is 6.07 Å². The maximum atomic E-state index is 10.9. The Morgan fingerprint density at radius 2 is 1.96 bits per heavy atom. The maximum Gasteiger partial charge on any atom is 0.271 e. The van der Waals surface area contributed by atoms with E-state index in [4.69, 9.17) is 0 Å². The number of non-ortho nitro benzene ring substituents is 1. The van der Waals surface area contributed by atoms with Crippen LogP contribution in [0.25, 0.3) is 5.69 Å². The van der Waals surface area contributed by atoms with Gasteiger partial charge in [-0.1, -0.05) is 36.4 Å². The van der Waals surface area contributed by atoms with E-state index < -0.39 is 4.92 Å². The fourth-order valence-electron chi connectivity index (χ4n) is 2.41. The minimum Gasteiger partial charge on any atom is -0.351 e. The molecule has 0 saturated carbocycles. The molecule has 0 aliphatic heterocycles. The number of hydrogen-bond donors (Lipinski definition) is 0. The van der Waals surface area contributed by atoms with Gasteiger partial charge in [-0.2, -0.15) is 5.26 Å². The fourth-order valence-corrected chi connectivity index (χ4v) is 2.41. The Labute approximate surface area is 143 Å². The van der Waals surface area contributed by atoms with Gasteiger partial charge in [0.25, 0.3) is 5.69 Å². The van der Waals surface area contributed by atoms with Gasteiger partial charge in [0.15, 0.2) is 5.82 Å². The van der Waals surface area contributed by atoms with Gasteiger partial charge in [0.05, 0.1) is 10.6 Å². The van der Waals surface area contributed by atoms with Crippen LogP contribution in [0.15, 0.2) is 54.6 Å². The predicted molar refractivity (Wildman–Crippen MR) is 91.3 cm³/mol. The molecule has 0 unspecified atom stereocenters. The van der Waals surface area contributed by atoms with Crippen molar-refractivity contribution in [2.24, 2.45) is 0 Å². The number of nitriles is 1. The molecule has 124 valence electrons. The van der Waals surface area contributed by atoms with Gasteiger partial charge >= 0.3 is 0 Å². The normalized spacial score (nSPS) is 10.2. The van der Waals surface area contributed by atoms with Gasteiger partial charge in [-0.25, -0.2) is 0 Å². The maximum absolute atomic E-state index is 10.9. The van der Waals surface area contributed by atoms with Crippen molar-refractivity contribution in [2.45, 2.75) is 6.54 Å². The highest BCUT2D eigenvalue weighted by Crippen LogP contribution is 2.20. The summed E-state index contributed by atoms with van der Waals surface area (Å²) in [7, 11) is 1.82. The lowest BCUT2D eigenvalue weighted by atomic mass is 10.2. The van der Waals surface area contributed by atoms with Crippen molar-refractivity contribution in [3.8, 4) is 11.8 Å². The number of nitrogens with zero attached hydrogens (tertiary/aromatic N) is 6. The lowest BCUT2D eigenvalue weighted by Crippen LogP contribution is -2.18. The van der Waals surface area contributed by atoms with Crippen molar-refractivity contribution in [3.05, 3.63) is 76.0 Å². The molecule has 1 heterocycles. The molecule has 0 amide bonds. The summed E-state index contributed by atoms with van der Waals surface area (Å²) < 4.78 is 0. The lowest BCUT2D eigenvalue weighted by molar-refractivity contribution is -0.384. The quantitative estimate of drug-likeness (QED) is 0.525. The average Bonchev–Trinajstić information content (AvgIpc) is 3.07. The summed E-state index contributed by atoms with van der Waals surface area (Å²) in [5.74, 6) is 0.415. The first-order chi connectivity index (χ1) is 12.1. The average molecular weight is 334 g/mol. The summed E-state index contributed by atoms with van der Waals surface area (Å²) in [6, 6.07) is 17.7. The van der Waals surface area contributed by atoms with Gasteiger partial charge in [-0.05, 0) is 11.6 Å². The summed E-state index contributed by atoms with van der Waals surface area (Å²) in [6.45, 7) is 0.559. The van der Waals surface area contributed by atoms with Crippen molar-refractivity contribution >= 4 is 11.5 Å². The first-order valence-corrected chi connectivity index (χ1v) is 7.46. The second-order valence-corrected chi connectivity index (χ2v) is 5.39. The molecule has 3 rings (SSSR count). The first-order valence-electron chi connectivity index (χ1n) is 7.46. The van der Waals surface area contributed by atoms with Crippen LogP contribution in [0.3, 0.4) is 0 Å². The molecule has 3 aromatic rings. The Balaban J connectivity index is 1.93. The molecule has 0 spiro atoms. The second-order valence-electron chi connectivity index (χ2n) is 5.39. The van der Waals surface area contributed by atoms with E-state index in [2.05, 4.69) is 10.2 Å². The Bertz CT molecular complexity index is 945. The van der Waals surface area contributed by atoms with Crippen molar-refractivity contribution in [2.75, 3.05) is 11.9 Å². The third-order valence-corrected chi connectivity index (χ3v) is 3.60. The zero-order chi connectivity index (χ0) is 17.8. The standard InChI is InChI=1S/C17H14N6O2/c1-21(12-13-6-3-2-4-7-13)17-16(11-18)19-22(20-17)14-8-5-9-15(10-14)23(24)25/h2-10H,12H2,1H3. The number of aromatic nitrogens is 3. The minimum atomic E-state index is -0.485. The summed E-state index contributed by atoms with van der Waals surface area (Å²) >= 11 is 0. The summed E-state index contributed by atoms with van der Waals surface area (Å²) in [6.07, 6.45) is 0. The SMILES string of the molecule is CN(Cc1ccccc1)c1nn(-c2cccc([N+](=O)[O-])c2)nc1C#N. The van der Waals surface area contributed by atoms with Crippen LogP contribution < -0.4 is 4.90 Å². The molecule has 0 saturated heterocycles. The highest BCUT2D eigenvalue weighted by Gasteiger charge is 2.17. The van der Waals surface area contributed by atoms with Gasteiger partial charge in [-0.15, -0.1) is 15.0 Å². The van der Waals surface area contributed by atoms with Crippen LogP contribution >= 0.6 is 0 Å². The Morgan fingerprint density at radius 1 is 1.20 bits per heavy atom. The molecule has 0 fully saturated rings. The lowest BCUT2D eigenvalue weighted by Gasteiger charge is -2.15. The highest BCUT2D eigenvalue weighted by molar-refractivity contribution is 5.51. The van der Waals surface area contributed by atoms with Crippen LogP contribution in [0, 0.1) is 21.4 Å². The number of nitro groups is 1. The number of benzene rings is 2. The number of nitro benzene ring substituents is 1. The Hall–Kier alpha value is -3.73. The van der Waals surface area contributed by atoms with Crippen LogP contribution in [0.1, 0.15) is 11.3 Å². The topological polar surface area (TPSA) is 101 Å². The molecular weight excluding hydrogens is 320 g/mol. The molecule has 2 aromatic carbocycles. The molecular formula is C17H14N6O2. The fraction of sp³-hybridized carbons (Fsp3) is 0.118.